The van der Waals surface area contributed by atoms with Crippen LogP contribution in [0.2, 0.25) is 5.02 Å². The van der Waals surface area contributed by atoms with E-state index in [2.05, 4.69) is 4.98 Å². The number of nitrogens with one attached hydrogen (secondary N) is 1. The van der Waals surface area contributed by atoms with Crippen molar-refractivity contribution in [1.82, 2.24) is 14.2 Å². The van der Waals surface area contributed by atoms with E-state index >= 15 is 0 Å². The van der Waals surface area contributed by atoms with Gasteiger partial charge < -0.3 is 9.88 Å². The number of hydrogen-bond donors (Lipinski definition) is 1. The van der Waals surface area contributed by atoms with E-state index in [0.717, 1.165) is 5.69 Å². The second-order valence-corrected chi connectivity index (χ2v) is 7.99. The molecule has 8 heteroatoms. The highest BCUT2D eigenvalue weighted by atomic mass is 35.5. The maximum atomic E-state index is 12.6. The van der Waals surface area contributed by atoms with Crippen molar-refractivity contribution in [1.29, 1.82) is 0 Å². The number of sulfonamides is 1. The first kappa shape index (κ1) is 17.0. The molecule has 2 aromatic rings. The number of carbonyl (C=O) groups excluding carboxylic acids is 1. The first-order chi connectivity index (χ1) is 11.5. The van der Waals surface area contributed by atoms with Crippen LogP contribution in [-0.4, -0.2) is 54.7 Å². The number of nitrogens with zero attached hydrogens (tertiary/aromatic N) is 2. The number of halogens is 1. The van der Waals surface area contributed by atoms with Gasteiger partial charge in [0.2, 0.25) is 15.9 Å². The normalized spacial score (nSPS) is 16.3. The number of hydrogen-bond acceptors (Lipinski definition) is 3. The molecule has 0 aliphatic carbocycles. The fourth-order valence-electron chi connectivity index (χ4n) is 2.69. The van der Waals surface area contributed by atoms with Crippen molar-refractivity contribution in [3.05, 3.63) is 53.3 Å². The smallest absolute Gasteiger partial charge is 0.243 e. The van der Waals surface area contributed by atoms with Gasteiger partial charge in [0, 0.05) is 43.1 Å². The molecule has 0 unspecified atom stereocenters. The van der Waals surface area contributed by atoms with Crippen molar-refractivity contribution in [2.45, 2.75) is 11.3 Å². The maximum absolute atomic E-state index is 12.6. The van der Waals surface area contributed by atoms with Crippen molar-refractivity contribution in [3.63, 3.8) is 0 Å². The van der Waals surface area contributed by atoms with E-state index in [9.17, 15) is 13.2 Å². The zero-order chi connectivity index (χ0) is 17.2. The van der Waals surface area contributed by atoms with Crippen molar-refractivity contribution in [2.75, 3.05) is 26.2 Å². The summed E-state index contributed by atoms with van der Waals surface area (Å²) in [5.74, 6) is 0.000917. The highest BCUT2D eigenvalue weighted by Gasteiger charge is 2.30. The zero-order valence-electron chi connectivity index (χ0n) is 13.0. The summed E-state index contributed by atoms with van der Waals surface area (Å²) in [7, 11) is -3.55. The first-order valence-electron chi connectivity index (χ1n) is 7.62. The summed E-state index contributed by atoms with van der Waals surface area (Å²) in [6.07, 6.45) is 2.08. The lowest BCUT2D eigenvalue weighted by molar-refractivity contribution is -0.131. The molecule has 1 amide bonds. The maximum Gasteiger partial charge on any atom is 0.243 e. The molecule has 0 atom stereocenters. The lowest BCUT2D eigenvalue weighted by atomic mass is 10.2. The van der Waals surface area contributed by atoms with Crippen molar-refractivity contribution < 1.29 is 13.2 Å². The van der Waals surface area contributed by atoms with Crippen LogP contribution < -0.4 is 0 Å². The largest absolute Gasteiger partial charge is 0.365 e. The fourth-order valence-corrected chi connectivity index (χ4v) is 4.23. The van der Waals surface area contributed by atoms with Gasteiger partial charge in [0.25, 0.3) is 0 Å². The third-order valence-corrected chi connectivity index (χ3v) is 6.21. The fraction of sp³-hybridized carbons (Fsp3) is 0.312. The average molecular weight is 368 g/mol. The first-order valence-corrected chi connectivity index (χ1v) is 9.44. The molecule has 1 N–H and O–H groups in total. The quantitative estimate of drug-likeness (QED) is 0.894. The lowest BCUT2D eigenvalue weighted by Gasteiger charge is -2.34. The molecule has 1 aromatic carbocycles. The van der Waals surface area contributed by atoms with E-state index in [0.29, 0.717) is 37.6 Å². The van der Waals surface area contributed by atoms with Crippen LogP contribution in [0.3, 0.4) is 0 Å². The van der Waals surface area contributed by atoms with Gasteiger partial charge in [-0.2, -0.15) is 4.31 Å². The molecule has 0 spiro atoms. The third-order valence-electron chi connectivity index (χ3n) is 4.05. The number of aromatic amines is 1. The van der Waals surface area contributed by atoms with Gasteiger partial charge in [-0.25, -0.2) is 8.42 Å². The van der Waals surface area contributed by atoms with E-state index in [1.807, 2.05) is 12.1 Å². The SMILES string of the molecule is O=C(Cc1ccc[nH]1)N1CCN(S(=O)(=O)c2ccc(Cl)cc2)CC1. The lowest BCUT2D eigenvalue weighted by Crippen LogP contribution is -2.50. The summed E-state index contributed by atoms with van der Waals surface area (Å²) in [5.41, 5.74) is 0.858. The Bertz CT molecular complexity index is 796. The Morgan fingerprint density at radius 3 is 2.33 bits per heavy atom. The van der Waals surface area contributed by atoms with E-state index in [4.69, 9.17) is 11.6 Å². The van der Waals surface area contributed by atoms with Crippen molar-refractivity contribution in [2.24, 2.45) is 0 Å². The summed E-state index contributed by atoms with van der Waals surface area (Å²) in [6.45, 7) is 1.38. The molecule has 6 nitrogen and oxygen atoms in total. The number of benzene rings is 1. The summed E-state index contributed by atoms with van der Waals surface area (Å²) in [6, 6.07) is 9.83. The molecule has 0 bridgehead atoms. The molecular formula is C16H18ClN3O3S. The molecular weight excluding hydrogens is 350 g/mol. The highest BCUT2D eigenvalue weighted by Crippen LogP contribution is 2.20. The Morgan fingerprint density at radius 1 is 1.08 bits per heavy atom. The average Bonchev–Trinajstić information content (AvgIpc) is 3.08. The minimum atomic E-state index is -3.55. The molecule has 1 aliphatic rings. The van der Waals surface area contributed by atoms with Gasteiger partial charge in [-0.3, -0.25) is 4.79 Å². The monoisotopic (exact) mass is 367 g/mol. The Balaban J connectivity index is 1.62. The second-order valence-electron chi connectivity index (χ2n) is 5.61. The number of H-pyrrole nitrogens is 1. The number of rotatable bonds is 4. The molecule has 24 heavy (non-hydrogen) atoms. The number of carbonyl (C=O) groups is 1. The van der Waals surface area contributed by atoms with Gasteiger partial charge in [-0.15, -0.1) is 0 Å². The van der Waals surface area contributed by atoms with Crippen molar-refractivity contribution in [3.8, 4) is 0 Å². The van der Waals surface area contributed by atoms with Crippen LogP contribution in [0.25, 0.3) is 0 Å². The second kappa shape index (κ2) is 6.96. The van der Waals surface area contributed by atoms with Gasteiger partial charge >= 0.3 is 0 Å². The van der Waals surface area contributed by atoms with Crippen LogP contribution in [0.1, 0.15) is 5.69 Å². The summed E-state index contributed by atoms with van der Waals surface area (Å²) in [4.78, 5) is 17.2. The zero-order valence-corrected chi connectivity index (χ0v) is 14.6. The Hall–Kier alpha value is -1.83. The van der Waals surface area contributed by atoms with Crippen LogP contribution >= 0.6 is 11.6 Å². The minimum absolute atomic E-state index is 0.000917. The molecule has 1 aromatic heterocycles. The van der Waals surface area contributed by atoms with E-state index < -0.39 is 10.0 Å². The van der Waals surface area contributed by atoms with Gasteiger partial charge in [0.05, 0.1) is 11.3 Å². The molecule has 128 valence electrons. The van der Waals surface area contributed by atoms with Crippen LogP contribution in [0.4, 0.5) is 0 Å². The predicted octanol–water partition coefficient (Wildman–Crippen LogP) is 1.74. The summed E-state index contributed by atoms with van der Waals surface area (Å²) < 4.78 is 26.6. The van der Waals surface area contributed by atoms with Crippen LogP contribution in [0.5, 0.6) is 0 Å². The van der Waals surface area contributed by atoms with Crippen LogP contribution in [0.15, 0.2) is 47.5 Å². The molecule has 2 heterocycles. The van der Waals surface area contributed by atoms with Crippen LogP contribution in [-0.2, 0) is 21.2 Å². The predicted molar refractivity (Wildman–Crippen MR) is 91.3 cm³/mol. The Morgan fingerprint density at radius 2 is 1.75 bits per heavy atom. The topological polar surface area (TPSA) is 73.5 Å². The van der Waals surface area contributed by atoms with E-state index in [1.165, 1.54) is 16.4 Å². The molecule has 0 radical (unpaired) electrons. The van der Waals surface area contributed by atoms with E-state index in [-0.39, 0.29) is 10.8 Å². The minimum Gasteiger partial charge on any atom is -0.365 e. The molecule has 3 rings (SSSR count). The molecule has 0 saturated carbocycles. The van der Waals surface area contributed by atoms with Crippen molar-refractivity contribution >= 4 is 27.5 Å². The Labute approximate surface area is 146 Å². The third kappa shape index (κ3) is 3.63. The summed E-state index contributed by atoms with van der Waals surface area (Å²) >= 11 is 5.80. The number of piperazine rings is 1. The standard InChI is InChI=1S/C16H18ClN3O3S/c17-13-3-5-15(6-4-13)24(22,23)20-10-8-19(9-11-20)16(21)12-14-2-1-7-18-14/h1-7,18H,8-12H2. The molecule has 1 fully saturated rings. The van der Waals surface area contributed by atoms with Crippen LogP contribution in [0, 0.1) is 0 Å². The number of amides is 1. The van der Waals surface area contributed by atoms with Gasteiger partial charge in [-0.1, -0.05) is 11.6 Å². The highest BCUT2D eigenvalue weighted by molar-refractivity contribution is 7.89. The van der Waals surface area contributed by atoms with Gasteiger partial charge in [0.15, 0.2) is 0 Å². The number of aromatic nitrogens is 1. The Kier molecular flexibility index (Phi) is 4.93. The van der Waals surface area contributed by atoms with Gasteiger partial charge in [-0.05, 0) is 36.4 Å². The van der Waals surface area contributed by atoms with E-state index in [1.54, 1.807) is 23.2 Å². The summed E-state index contributed by atoms with van der Waals surface area (Å²) in [5, 5.41) is 0.494. The van der Waals surface area contributed by atoms with Gasteiger partial charge in [0.1, 0.15) is 0 Å². The molecule has 1 saturated heterocycles. The molecule has 1 aliphatic heterocycles.